The molecule has 2 N–H and O–H groups in total. The van der Waals surface area contributed by atoms with E-state index in [1.807, 2.05) is 13.0 Å². The van der Waals surface area contributed by atoms with Gasteiger partial charge in [-0.15, -0.1) is 0 Å². The van der Waals surface area contributed by atoms with Crippen LogP contribution in [0.3, 0.4) is 0 Å². The SMILES string of the molecule is CCOc1c(Br)cc(Br)cc1CNC(CCO)C(C)C. The van der Waals surface area contributed by atoms with Crippen molar-refractivity contribution < 1.29 is 9.84 Å². The second-order valence-corrected chi connectivity index (χ2v) is 6.82. The Hall–Kier alpha value is -0.100. The highest BCUT2D eigenvalue weighted by molar-refractivity contribution is 9.11. The van der Waals surface area contributed by atoms with E-state index in [9.17, 15) is 0 Å². The van der Waals surface area contributed by atoms with Gasteiger partial charge in [-0.3, -0.25) is 0 Å². The summed E-state index contributed by atoms with van der Waals surface area (Å²) in [5, 5.41) is 12.6. The lowest BCUT2D eigenvalue weighted by Gasteiger charge is -2.22. The second kappa shape index (κ2) is 9.03. The predicted molar refractivity (Wildman–Crippen MR) is 90.2 cm³/mol. The van der Waals surface area contributed by atoms with E-state index >= 15 is 0 Å². The van der Waals surface area contributed by atoms with Gasteiger partial charge in [-0.1, -0.05) is 29.8 Å². The number of benzene rings is 1. The van der Waals surface area contributed by atoms with Gasteiger partial charge in [-0.25, -0.2) is 0 Å². The molecule has 0 aliphatic heterocycles. The molecule has 0 aromatic heterocycles. The van der Waals surface area contributed by atoms with Crippen LogP contribution < -0.4 is 10.1 Å². The topological polar surface area (TPSA) is 41.5 Å². The molecule has 1 aromatic carbocycles. The summed E-state index contributed by atoms with van der Waals surface area (Å²) in [5.41, 5.74) is 1.11. The molecule has 5 heteroatoms. The van der Waals surface area contributed by atoms with Crippen molar-refractivity contribution in [3.05, 3.63) is 26.6 Å². The Kier molecular flexibility index (Phi) is 8.10. The summed E-state index contributed by atoms with van der Waals surface area (Å²) < 4.78 is 7.69. The molecule has 0 spiro atoms. The number of halogens is 2. The first-order valence-electron chi connectivity index (χ1n) is 6.94. The lowest BCUT2D eigenvalue weighted by Crippen LogP contribution is -2.34. The zero-order chi connectivity index (χ0) is 15.1. The molecule has 114 valence electrons. The molecule has 3 nitrogen and oxygen atoms in total. The number of ether oxygens (including phenoxy) is 1. The summed E-state index contributed by atoms with van der Waals surface area (Å²) in [7, 11) is 0. The van der Waals surface area contributed by atoms with E-state index in [0.29, 0.717) is 18.6 Å². The number of hydrogen-bond acceptors (Lipinski definition) is 3. The molecule has 0 heterocycles. The Morgan fingerprint density at radius 1 is 1.30 bits per heavy atom. The Morgan fingerprint density at radius 3 is 2.55 bits per heavy atom. The minimum Gasteiger partial charge on any atom is -0.492 e. The van der Waals surface area contributed by atoms with E-state index in [1.165, 1.54) is 0 Å². The summed E-state index contributed by atoms with van der Waals surface area (Å²) in [5.74, 6) is 1.36. The van der Waals surface area contributed by atoms with Gasteiger partial charge in [0.15, 0.2) is 0 Å². The number of aliphatic hydroxyl groups excluding tert-OH is 1. The van der Waals surface area contributed by atoms with Crippen LogP contribution in [0.25, 0.3) is 0 Å². The van der Waals surface area contributed by atoms with Crippen molar-refractivity contribution in [2.75, 3.05) is 13.2 Å². The van der Waals surface area contributed by atoms with E-state index in [2.05, 4.69) is 57.1 Å². The standard InChI is InChI=1S/C15H23Br2NO2/c1-4-20-15-11(7-12(16)8-13(15)17)9-18-14(5-6-19)10(2)3/h7-8,10,14,18-19H,4-6,9H2,1-3H3. The highest BCUT2D eigenvalue weighted by Gasteiger charge is 2.15. The second-order valence-electron chi connectivity index (χ2n) is 5.05. The van der Waals surface area contributed by atoms with Crippen LogP contribution in [0, 0.1) is 5.92 Å². The van der Waals surface area contributed by atoms with E-state index in [1.54, 1.807) is 0 Å². The average Bonchev–Trinajstić information content (AvgIpc) is 2.37. The quantitative estimate of drug-likeness (QED) is 0.680. The fourth-order valence-electron chi connectivity index (χ4n) is 2.10. The van der Waals surface area contributed by atoms with E-state index in [-0.39, 0.29) is 6.61 Å². The van der Waals surface area contributed by atoms with E-state index in [0.717, 1.165) is 33.2 Å². The molecular weight excluding hydrogens is 386 g/mol. The Morgan fingerprint density at radius 2 is 2.00 bits per heavy atom. The summed E-state index contributed by atoms with van der Waals surface area (Å²) in [6.07, 6.45) is 0.761. The van der Waals surface area contributed by atoms with Gasteiger partial charge in [-0.05, 0) is 47.3 Å². The van der Waals surface area contributed by atoms with Crippen LogP contribution in [0.2, 0.25) is 0 Å². The third-order valence-electron chi connectivity index (χ3n) is 3.17. The number of nitrogens with one attached hydrogen (secondary N) is 1. The van der Waals surface area contributed by atoms with Gasteiger partial charge < -0.3 is 15.2 Å². The zero-order valence-corrected chi connectivity index (χ0v) is 15.4. The van der Waals surface area contributed by atoms with Gasteiger partial charge in [0.1, 0.15) is 5.75 Å². The third-order valence-corrected chi connectivity index (χ3v) is 4.22. The largest absolute Gasteiger partial charge is 0.492 e. The Balaban J connectivity index is 2.84. The van der Waals surface area contributed by atoms with Crippen molar-refractivity contribution in [3.63, 3.8) is 0 Å². The maximum atomic E-state index is 9.13. The molecule has 0 amide bonds. The molecule has 1 unspecified atom stereocenters. The van der Waals surface area contributed by atoms with Gasteiger partial charge in [0.25, 0.3) is 0 Å². The Labute approximate surface area is 138 Å². The molecule has 0 bridgehead atoms. The van der Waals surface area contributed by atoms with Gasteiger partial charge in [0, 0.05) is 29.2 Å². The van der Waals surface area contributed by atoms with Crippen molar-refractivity contribution >= 4 is 31.9 Å². The average molecular weight is 409 g/mol. The van der Waals surface area contributed by atoms with E-state index < -0.39 is 0 Å². The minimum atomic E-state index is 0.205. The van der Waals surface area contributed by atoms with Crippen molar-refractivity contribution in [1.82, 2.24) is 5.32 Å². The number of hydrogen-bond donors (Lipinski definition) is 2. The smallest absolute Gasteiger partial charge is 0.138 e. The van der Waals surface area contributed by atoms with Crippen LogP contribution in [0.1, 0.15) is 32.8 Å². The maximum absolute atomic E-state index is 9.13. The first kappa shape index (κ1) is 18.0. The highest BCUT2D eigenvalue weighted by Crippen LogP contribution is 2.33. The van der Waals surface area contributed by atoms with Crippen LogP contribution >= 0.6 is 31.9 Å². The first-order valence-corrected chi connectivity index (χ1v) is 8.53. The molecule has 1 aromatic rings. The highest BCUT2D eigenvalue weighted by atomic mass is 79.9. The summed E-state index contributed by atoms with van der Waals surface area (Å²) in [6.45, 7) is 7.86. The van der Waals surface area contributed by atoms with Crippen molar-refractivity contribution in [1.29, 1.82) is 0 Å². The van der Waals surface area contributed by atoms with Crippen LogP contribution in [0.15, 0.2) is 21.1 Å². The lowest BCUT2D eigenvalue weighted by molar-refractivity contribution is 0.243. The fraction of sp³-hybridized carbons (Fsp3) is 0.600. The van der Waals surface area contributed by atoms with Gasteiger partial charge in [0.2, 0.25) is 0 Å². The third kappa shape index (κ3) is 5.35. The zero-order valence-electron chi connectivity index (χ0n) is 12.2. The molecule has 0 aliphatic rings. The van der Waals surface area contributed by atoms with Crippen molar-refractivity contribution in [3.8, 4) is 5.75 Å². The minimum absolute atomic E-state index is 0.205. The van der Waals surface area contributed by atoms with Crippen molar-refractivity contribution in [2.24, 2.45) is 5.92 Å². The van der Waals surface area contributed by atoms with Crippen LogP contribution in [-0.4, -0.2) is 24.4 Å². The van der Waals surface area contributed by atoms with Gasteiger partial charge >= 0.3 is 0 Å². The molecule has 0 saturated heterocycles. The van der Waals surface area contributed by atoms with Gasteiger partial charge in [0.05, 0.1) is 11.1 Å². The lowest BCUT2D eigenvalue weighted by atomic mass is 10.0. The molecule has 0 radical (unpaired) electrons. The fourth-order valence-corrected chi connectivity index (χ4v) is 3.53. The molecule has 0 aliphatic carbocycles. The number of rotatable bonds is 8. The molecule has 0 fully saturated rings. The van der Waals surface area contributed by atoms with Crippen molar-refractivity contribution in [2.45, 2.75) is 39.8 Å². The molecule has 0 saturated carbocycles. The summed E-state index contributed by atoms with van der Waals surface area (Å²) in [6, 6.07) is 4.36. The first-order chi connectivity index (χ1) is 9.49. The van der Waals surface area contributed by atoms with Crippen LogP contribution in [0.5, 0.6) is 5.75 Å². The predicted octanol–water partition coefficient (Wildman–Crippen LogP) is 4.11. The monoisotopic (exact) mass is 407 g/mol. The molecular formula is C15H23Br2NO2. The molecule has 20 heavy (non-hydrogen) atoms. The summed E-state index contributed by atoms with van der Waals surface area (Å²) >= 11 is 7.05. The van der Waals surface area contributed by atoms with Gasteiger partial charge in [-0.2, -0.15) is 0 Å². The van der Waals surface area contributed by atoms with Crippen LogP contribution in [-0.2, 0) is 6.54 Å². The molecule has 1 atom stereocenters. The molecule has 1 rings (SSSR count). The normalized spacial score (nSPS) is 12.8. The van der Waals surface area contributed by atoms with Crippen LogP contribution in [0.4, 0.5) is 0 Å². The summed E-state index contributed by atoms with van der Waals surface area (Å²) in [4.78, 5) is 0. The maximum Gasteiger partial charge on any atom is 0.138 e. The van der Waals surface area contributed by atoms with E-state index in [4.69, 9.17) is 9.84 Å². The number of aliphatic hydroxyl groups is 1. The Bertz CT molecular complexity index is 425.